The van der Waals surface area contributed by atoms with Gasteiger partial charge in [-0.25, -0.2) is 4.98 Å². The average Bonchev–Trinajstić information content (AvgIpc) is 2.29. The molecule has 1 aromatic heterocycles. The minimum absolute atomic E-state index is 0.0159. The fourth-order valence-corrected chi connectivity index (χ4v) is 1.56. The van der Waals surface area contributed by atoms with Crippen molar-refractivity contribution in [2.75, 3.05) is 0 Å². The maximum Gasteiger partial charge on any atom is 0.219 e. The molecule has 2 aromatic rings. The number of aryl methyl sites for hydroxylation is 1. The highest BCUT2D eigenvalue weighted by atomic mass is 16.5. The summed E-state index contributed by atoms with van der Waals surface area (Å²) < 4.78 is 5.68. The number of benzene rings is 1. The van der Waals surface area contributed by atoms with Crippen molar-refractivity contribution in [3.63, 3.8) is 0 Å². The summed E-state index contributed by atoms with van der Waals surface area (Å²) in [6.07, 6.45) is 1.71. The topological polar surface area (TPSA) is 48.1 Å². The fraction of sp³-hybridized carbons (Fsp3) is 0.214. The number of pyridine rings is 1. The molecule has 0 fully saturated rings. The summed E-state index contributed by atoms with van der Waals surface area (Å²) in [4.78, 5) is 4.17. The van der Waals surface area contributed by atoms with E-state index in [4.69, 9.17) is 10.5 Å². The Hall–Kier alpha value is -1.87. The number of ether oxygens (including phenoxy) is 1. The van der Waals surface area contributed by atoms with Gasteiger partial charge in [0.2, 0.25) is 5.88 Å². The first-order chi connectivity index (χ1) is 8.15. The molecule has 1 heterocycles. The first kappa shape index (κ1) is 11.6. The number of nitrogens with zero attached hydrogens (tertiary/aromatic N) is 1. The SMILES string of the molecule is Cc1cccc(Oc2cc([C@H](C)N)ccn2)c1. The van der Waals surface area contributed by atoms with Gasteiger partial charge in [-0.15, -0.1) is 0 Å². The predicted octanol–water partition coefficient (Wildman–Crippen LogP) is 3.20. The Kier molecular flexibility index (Phi) is 3.40. The van der Waals surface area contributed by atoms with Gasteiger partial charge in [0.15, 0.2) is 0 Å². The van der Waals surface area contributed by atoms with E-state index in [2.05, 4.69) is 4.98 Å². The van der Waals surface area contributed by atoms with Crippen LogP contribution in [0.3, 0.4) is 0 Å². The molecular formula is C14H16N2O. The first-order valence-corrected chi connectivity index (χ1v) is 5.61. The Morgan fingerprint density at radius 2 is 2.06 bits per heavy atom. The zero-order valence-electron chi connectivity index (χ0n) is 10.1. The maximum atomic E-state index is 5.82. The van der Waals surface area contributed by atoms with E-state index in [1.165, 1.54) is 0 Å². The Labute approximate surface area is 101 Å². The molecule has 3 nitrogen and oxygen atoms in total. The highest BCUT2D eigenvalue weighted by molar-refractivity contribution is 5.32. The number of hydrogen-bond donors (Lipinski definition) is 1. The van der Waals surface area contributed by atoms with Crippen molar-refractivity contribution >= 4 is 0 Å². The van der Waals surface area contributed by atoms with E-state index >= 15 is 0 Å². The highest BCUT2D eigenvalue weighted by Crippen LogP contribution is 2.22. The second-order valence-corrected chi connectivity index (χ2v) is 4.13. The standard InChI is InChI=1S/C14H16N2O/c1-10-4-3-5-13(8-10)17-14-9-12(11(2)15)6-7-16-14/h3-9,11H,15H2,1-2H3/t11-/m0/s1. The van der Waals surface area contributed by atoms with Gasteiger partial charge < -0.3 is 10.5 Å². The average molecular weight is 228 g/mol. The molecule has 0 radical (unpaired) electrons. The van der Waals surface area contributed by atoms with E-state index in [-0.39, 0.29) is 6.04 Å². The van der Waals surface area contributed by atoms with E-state index in [1.54, 1.807) is 6.20 Å². The van der Waals surface area contributed by atoms with Crippen LogP contribution >= 0.6 is 0 Å². The molecule has 0 bridgehead atoms. The van der Waals surface area contributed by atoms with Gasteiger partial charge in [0.05, 0.1) is 0 Å². The summed E-state index contributed by atoms with van der Waals surface area (Å²) >= 11 is 0. The minimum atomic E-state index is -0.0159. The van der Waals surface area contributed by atoms with Crippen LogP contribution in [0, 0.1) is 6.92 Å². The summed E-state index contributed by atoms with van der Waals surface area (Å²) in [6, 6.07) is 11.6. The molecule has 1 aromatic carbocycles. The Bertz CT molecular complexity index is 509. The van der Waals surface area contributed by atoms with Crippen molar-refractivity contribution in [1.29, 1.82) is 0 Å². The van der Waals surface area contributed by atoms with E-state index in [1.807, 2.05) is 50.2 Å². The molecular weight excluding hydrogens is 212 g/mol. The van der Waals surface area contributed by atoms with E-state index in [9.17, 15) is 0 Å². The molecule has 17 heavy (non-hydrogen) atoms. The molecule has 0 saturated carbocycles. The van der Waals surface area contributed by atoms with Crippen LogP contribution in [-0.2, 0) is 0 Å². The molecule has 3 heteroatoms. The van der Waals surface area contributed by atoms with Gasteiger partial charge >= 0.3 is 0 Å². The molecule has 0 aliphatic carbocycles. The minimum Gasteiger partial charge on any atom is -0.439 e. The van der Waals surface area contributed by atoms with Crippen LogP contribution in [0.25, 0.3) is 0 Å². The van der Waals surface area contributed by atoms with Gasteiger partial charge in [-0.05, 0) is 43.2 Å². The van der Waals surface area contributed by atoms with Crippen LogP contribution in [0.2, 0.25) is 0 Å². The van der Waals surface area contributed by atoms with Crippen molar-refractivity contribution in [2.45, 2.75) is 19.9 Å². The number of hydrogen-bond acceptors (Lipinski definition) is 3. The lowest BCUT2D eigenvalue weighted by Gasteiger charge is -2.09. The largest absolute Gasteiger partial charge is 0.439 e. The van der Waals surface area contributed by atoms with Crippen LogP contribution in [0.4, 0.5) is 0 Å². The molecule has 88 valence electrons. The maximum absolute atomic E-state index is 5.82. The summed E-state index contributed by atoms with van der Waals surface area (Å²) in [5, 5.41) is 0. The van der Waals surface area contributed by atoms with Gasteiger partial charge in [0.1, 0.15) is 5.75 Å². The first-order valence-electron chi connectivity index (χ1n) is 5.61. The van der Waals surface area contributed by atoms with Gasteiger partial charge in [0, 0.05) is 18.3 Å². The predicted molar refractivity (Wildman–Crippen MR) is 68.1 cm³/mol. The van der Waals surface area contributed by atoms with Crippen molar-refractivity contribution in [2.24, 2.45) is 5.73 Å². The third-order valence-electron chi connectivity index (χ3n) is 2.50. The zero-order valence-corrected chi connectivity index (χ0v) is 10.1. The van der Waals surface area contributed by atoms with Crippen molar-refractivity contribution < 1.29 is 4.74 Å². The fourth-order valence-electron chi connectivity index (χ4n) is 1.56. The molecule has 0 unspecified atom stereocenters. The summed E-state index contributed by atoms with van der Waals surface area (Å²) in [7, 11) is 0. The van der Waals surface area contributed by atoms with Gasteiger partial charge in [-0.2, -0.15) is 0 Å². The molecule has 0 aliphatic rings. The lowest BCUT2D eigenvalue weighted by atomic mass is 10.1. The molecule has 1 atom stereocenters. The summed E-state index contributed by atoms with van der Waals surface area (Å²) in [6.45, 7) is 3.96. The number of nitrogens with two attached hydrogens (primary N) is 1. The van der Waals surface area contributed by atoms with Gasteiger partial charge in [-0.3, -0.25) is 0 Å². The van der Waals surface area contributed by atoms with Crippen LogP contribution in [0.5, 0.6) is 11.6 Å². The van der Waals surface area contributed by atoms with Crippen molar-refractivity contribution in [3.8, 4) is 11.6 Å². The second kappa shape index (κ2) is 4.97. The molecule has 0 amide bonds. The van der Waals surface area contributed by atoms with E-state index in [0.717, 1.165) is 16.9 Å². The number of aromatic nitrogens is 1. The molecule has 0 spiro atoms. The third kappa shape index (κ3) is 3.04. The Morgan fingerprint density at radius 3 is 2.76 bits per heavy atom. The monoisotopic (exact) mass is 228 g/mol. The second-order valence-electron chi connectivity index (χ2n) is 4.13. The lowest BCUT2D eigenvalue weighted by molar-refractivity contribution is 0.461. The van der Waals surface area contributed by atoms with Crippen LogP contribution in [0.1, 0.15) is 24.1 Å². The Balaban J connectivity index is 2.21. The van der Waals surface area contributed by atoms with Crippen LogP contribution in [-0.4, -0.2) is 4.98 Å². The smallest absolute Gasteiger partial charge is 0.219 e. The third-order valence-corrected chi connectivity index (χ3v) is 2.50. The summed E-state index contributed by atoms with van der Waals surface area (Å²) in [5.41, 5.74) is 7.99. The quantitative estimate of drug-likeness (QED) is 0.877. The lowest BCUT2D eigenvalue weighted by Crippen LogP contribution is -2.05. The summed E-state index contributed by atoms with van der Waals surface area (Å²) in [5.74, 6) is 1.37. The number of rotatable bonds is 3. The molecule has 2 rings (SSSR count). The Morgan fingerprint density at radius 1 is 1.24 bits per heavy atom. The van der Waals surface area contributed by atoms with Crippen LogP contribution < -0.4 is 10.5 Å². The van der Waals surface area contributed by atoms with E-state index < -0.39 is 0 Å². The van der Waals surface area contributed by atoms with E-state index in [0.29, 0.717) is 5.88 Å². The zero-order chi connectivity index (χ0) is 12.3. The van der Waals surface area contributed by atoms with Gasteiger partial charge in [-0.1, -0.05) is 12.1 Å². The molecule has 2 N–H and O–H groups in total. The van der Waals surface area contributed by atoms with Gasteiger partial charge in [0.25, 0.3) is 0 Å². The highest BCUT2D eigenvalue weighted by Gasteiger charge is 2.03. The molecule has 0 aliphatic heterocycles. The normalized spacial score (nSPS) is 12.2. The molecule has 0 saturated heterocycles. The van der Waals surface area contributed by atoms with Crippen LogP contribution in [0.15, 0.2) is 42.6 Å². The van der Waals surface area contributed by atoms with Crippen molar-refractivity contribution in [3.05, 3.63) is 53.7 Å². The van der Waals surface area contributed by atoms with Crippen molar-refractivity contribution in [1.82, 2.24) is 4.98 Å².